The molecule has 6 heteroatoms. The van der Waals surface area contributed by atoms with Gasteiger partial charge in [-0.15, -0.1) is 0 Å². The lowest BCUT2D eigenvalue weighted by atomic mass is 9.82. The summed E-state index contributed by atoms with van der Waals surface area (Å²) in [6.07, 6.45) is 0.573. The molecule has 0 spiro atoms. The molecule has 0 aromatic heterocycles. The van der Waals surface area contributed by atoms with Gasteiger partial charge in [-0.3, -0.25) is 4.79 Å². The summed E-state index contributed by atoms with van der Waals surface area (Å²) in [5.41, 5.74) is 3.59. The molecule has 0 N–H and O–H groups in total. The van der Waals surface area contributed by atoms with Crippen molar-refractivity contribution < 1.29 is 22.5 Å². The van der Waals surface area contributed by atoms with Gasteiger partial charge in [0.1, 0.15) is 4.75 Å². The monoisotopic (exact) mass is 434 g/mol. The molecular formula is C24H25F3O2S. The van der Waals surface area contributed by atoms with E-state index in [9.17, 15) is 22.5 Å². The SMILES string of the molecule is CCc1cc(-c2cc(F)c(F)c(F)c2)ccc1C1=C(C)C(C)(C)[S+]([O-])C(C)(C)C1=O. The van der Waals surface area contributed by atoms with Crippen LogP contribution in [-0.2, 0) is 22.4 Å². The van der Waals surface area contributed by atoms with Crippen molar-refractivity contribution in [1.29, 1.82) is 0 Å². The number of rotatable bonds is 3. The molecule has 0 fully saturated rings. The Labute approximate surface area is 178 Å². The predicted octanol–water partition coefficient (Wildman–Crippen LogP) is 6.00. The van der Waals surface area contributed by atoms with Crippen molar-refractivity contribution in [2.24, 2.45) is 0 Å². The third-order valence-electron chi connectivity index (χ3n) is 6.05. The van der Waals surface area contributed by atoms with E-state index in [1.165, 1.54) is 0 Å². The minimum Gasteiger partial charge on any atom is -0.615 e. The Balaban J connectivity index is 2.21. The maximum absolute atomic E-state index is 13.7. The summed E-state index contributed by atoms with van der Waals surface area (Å²) in [7, 11) is 0. The van der Waals surface area contributed by atoms with Crippen molar-refractivity contribution in [3.05, 3.63) is 64.5 Å². The Kier molecular flexibility index (Phi) is 5.71. The predicted molar refractivity (Wildman–Crippen MR) is 115 cm³/mol. The van der Waals surface area contributed by atoms with E-state index < -0.39 is 38.1 Å². The van der Waals surface area contributed by atoms with Gasteiger partial charge < -0.3 is 4.55 Å². The molecule has 0 bridgehead atoms. The van der Waals surface area contributed by atoms with E-state index in [1.54, 1.807) is 32.0 Å². The highest BCUT2D eigenvalue weighted by atomic mass is 32.2. The lowest BCUT2D eigenvalue weighted by Gasteiger charge is -2.44. The minimum absolute atomic E-state index is 0.182. The van der Waals surface area contributed by atoms with E-state index in [0.29, 0.717) is 17.6 Å². The zero-order valence-electron chi connectivity index (χ0n) is 18.0. The van der Waals surface area contributed by atoms with Gasteiger partial charge in [-0.25, -0.2) is 13.2 Å². The molecule has 1 unspecified atom stereocenters. The van der Waals surface area contributed by atoms with Crippen LogP contribution in [0.3, 0.4) is 0 Å². The fourth-order valence-corrected chi connectivity index (χ4v) is 5.92. The van der Waals surface area contributed by atoms with Gasteiger partial charge in [-0.2, -0.15) is 0 Å². The first-order chi connectivity index (χ1) is 13.8. The van der Waals surface area contributed by atoms with E-state index in [-0.39, 0.29) is 11.3 Å². The summed E-state index contributed by atoms with van der Waals surface area (Å²) in [5, 5.41) is 0. The normalized spacial score (nSPS) is 20.6. The fraction of sp³-hybridized carbons (Fsp3) is 0.375. The smallest absolute Gasteiger partial charge is 0.218 e. The van der Waals surface area contributed by atoms with Gasteiger partial charge in [0, 0.05) is 5.57 Å². The van der Waals surface area contributed by atoms with Crippen LogP contribution in [-0.4, -0.2) is 19.8 Å². The summed E-state index contributed by atoms with van der Waals surface area (Å²) in [6.45, 7) is 10.9. The van der Waals surface area contributed by atoms with Crippen LogP contribution in [0.15, 0.2) is 35.9 Å². The third-order valence-corrected chi connectivity index (χ3v) is 8.40. The van der Waals surface area contributed by atoms with Crippen LogP contribution in [0.1, 0.15) is 52.7 Å². The number of allylic oxidation sites excluding steroid dienone is 1. The molecule has 3 rings (SSSR count). The van der Waals surface area contributed by atoms with E-state index >= 15 is 0 Å². The Morgan fingerprint density at radius 1 is 0.933 bits per heavy atom. The van der Waals surface area contributed by atoms with Crippen LogP contribution in [0, 0.1) is 17.5 Å². The Morgan fingerprint density at radius 2 is 1.50 bits per heavy atom. The number of ketones is 1. The highest BCUT2D eigenvalue weighted by Gasteiger charge is 2.55. The van der Waals surface area contributed by atoms with Crippen molar-refractivity contribution in [3.63, 3.8) is 0 Å². The number of halogens is 3. The van der Waals surface area contributed by atoms with Crippen molar-refractivity contribution >= 4 is 22.5 Å². The molecule has 0 amide bonds. The minimum atomic E-state index is -1.50. The van der Waals surface area contributed by atoms with Gasteiger partial charge in [-0.05, 0) is 92.2 Å². The first-order valence-corrected chi connectivity index (χ1v) is 10.9. The Bertz CT molecular complexity index is 1050. The second kappa shape index (κ2) is 7.57. The van der Waals surface area contributed by atoms with E-state index in [2.05, 4.69) is 0 Å². The van der Waals surface area contributed by atoms with Crippen molar-refractivity contribution in [3.8, 4) is 11.1 Å². The maximum atomic E-state index is 13.7. The number of carbonyl (C=O) groups is 1. The molecule has 1 heterocycles. The van der Waals surface area contributed by atoms with Crippen molar-refractivity contribution in [2.75, 3.05) is 0 Å². The van der Waals surface area contributed by atoms with Gasteiger partial charge >= 0.3 is 0 Å². The summed E-state index contributed by atoms with van der Waals surface area (Å²) >= 11 is -1.39. The molecule has 160 valence electrons. The molecule has 2 nitrogen and oxygen atoms in total. The lowest BCUT2D eigenvalue weighted by Crippen LogP contribution is -2.55. The summed E-state index contributed by atoms with van der Waals surface area (Å²) in [6, 6.07) is 7.10. The number of aryl methyl sites for hydroxylation is 1. The van der Waals surface area contributed by atoms with Gasteiger partial charge in [0.25, 0.3) is 0 Å². The second-order valence-electron chi connectivity index (χ2n) is 8.60. The molecule has 2 aromatic carbocycles. The first-order valence-electron chi connectivity index (χ1n) is 9.80. The molecule has 1 atom stereocenters. The number of hydrogen-bond acceptors (Lipinski definition) is 2. The van der Waals surface area contributed by atoms with Crippen LogP contribution in [0.5, 0.6) is 0 Å². The third kappa shape index (κ3) is 3.40. The summed E-state index contributed by atoms with van der Waals surface area (Å²) in [4.78, 5) is 13.3. The van der Waals surface area contributed by atoms with Gasteiger partial charge in [0.2, 0.25) is 5.78 Å². The van der Waals surface area contributed by atoms with Gasteiger partial charge in [0.05, 0.1) is 0 Å². The van der Waals surface area contributed by atoms with Crippen LogP contribution < -0.4 is 0 Å². The number of carbonyl (C=O) groups excluding carboxylic acids is 1. The molecule has 1 aliphatic heterocycles. The average Bonchev–Trinajstić information content (AvgIpc) is 2.70. The first kappa shape index (κ1) is 22.6. The average molecular weight is 435 g/mol. The second-order valence-corrected chi connectivity index (χ2v) is 11.2. The molecule has 0 saturated carbocycles. The molecular weight excluding hydrogens is 409 g/mol. The number of benzene rings is 2. The Hall–Kier alpha value is -2.05. The Morgan fingerprint density at radius 3 is 2.03 bits per heavy atom. The van der Waals surface area contributed by atoms with E-state index in [1.807, 2.05) is 27.7 Å². The van der Waals surface area contributed by atoms with Crippen LogP contribution in [0.25, 0.3) is 16.7 Å². The topological polar surface area (TPSA) is 40.1 Å². The van der Waals surface area contributed by atoms with Crippen LogP contribution in [0.2, 0.25) is 0 Å². The molecule has 0 radical (unpaired) electrons. The summed E-state index contributed by atoms with van der Waals surface area (Å²) < 4.78 is 52.0. The fourth-order valence-electron chi connectivity index (χ4n) is 3.99. The quantitative estimate of drug-likeness (QED) is 0.439. The molecule has 0 aliphatic carbocycles. The van der Waals surface area contributed by atoms with Gasteiger partial charge in [0.15, 0.2) is 22.2 Å². The lowest BCUT2D eigenvalue weighted by molar-refractivity contribution is -0.115. The maximum Gasteiger partial charge on any atom is 0.218 e. The zero-order valence-corrected chi connectivity index (χ0v) is 18.8. The molecule has 0 saturated heterocycles. The summed E-state index contributed by atoms with van der Waals surface area (Å²) in [5.74, 6) is -4.19. The number of Topliss-reactive ketones (excluding diaryl/α,β-unsaturated/α-hetero) is 1. The molecule has 1 aliphatic rings. The van der Waals surface area contributed by atoms with E-state index in [0.717, 1.165) is 28.8 Å². The van der Waals surface area contributed by atoms with Gasteiger partial charge in [-0.1, -0.05) is 25.1 Å². The largest absolute Gasteiger partial charge is 0.615 e. The van der Waals surface area contributed by atoms with Crippen LogP contribution in [0.4, 0.5) is 13.2 Å². The standard InChI is InChI=1S/C24H25F3O2S/c1-7-14-10-15(16-11-18(25)21(27)19(26)12-16)8-9-17(14)20-13(2)23(3,4)30(29)24(5,6)22(20)28/h8-12H,7H2,1-6H3. The molecule has 2 aromatic rings. The molecule has 30 heavy (non-hydrogen) atoms. The van der Waals surface area contributed by atoms with Crippen molar-refractivity contribution in [1.82, 2.24) is 0 Å². The highest BCUT2D eigenvalue weighted by Crippen LogP contribution is 2.46. The number of hydrogen-bond donors (Lipinski definition) is 0. The van der Waals surface area contributed by atoms with Crippen LogP contribution >= 0.6 is 0 Å². The highest BCUT2D eigenvalue weighted by molar-refractivity contribution is 7.95. The zero-order chi connectivity index (χ0) is 22.6. The van der Waals surface area contributed by atoms with Crippen molar-refractivity contribution in [2.45, 2.75) is 57.5 Å². The van der Waals surface area contributed by atoms with E-state index in [4.69, 9.17) is 0 Å².